The number of rotatable bonds is 5. The van der Waals surface area contributed by atoms with E-state index in [1.165, 1.54) is 45.1 Å². The standard InChI is InChI=1S/C17H27N3O/c1-2-21-17-10-9-13(12-19-17)20-16-7-4-3-6-14(16)15-8-5-11-18-15/h9-10,12,14-16,18,20H,2-8,11H2,1H3. The van der Waals surface area contributed by atoms with Crippen molar-refractivity contribution in [2.24, 2.45) is 5.92 Å². The van der Waals surface area contributed by atoms with E-state index in [2.05, 4.69) is 21.7 Å². The van der Waals surface area contributed by atoms with Gasteiger partial charge < -0.3 is 15.4 Å². The van der Waals surface area contributed by atoms with Crippen LogP contribution in [-0.4, -0.2) is 30.2 Å². The minimum absolute atomic E-state index is 0.578. The van der Waals surface area contributed by atoms with E-state index in [-0.39, 0.29) is 0 Å². The molecule has 2 aliphatic rings. The minimum atomic E-state index is 0.578. The molecule has 4 nitrogen and oxygen atoms in total. The Labute approximate surface area is 127 Å². The number of anilines is 1. The van der Waals surface area contributed by atoms with Gasteiger partial charge in [-0.1, -0.05) is 12.8 Å². The van der Waals surface area contributed by atoms with Crippen molar-refractivity contribution in [2.45, 2.75) is 57.5 Å². The summed E-state index contributed by atoms with van der Waals surface area (Å²) < 4.78 is 5.40. The topological polar surface area (TPSA) is 46.2 Å². The van der Waals surface area contributed by atoms with E-state index in [0.29, 0.717) is 24.6 Å². The van der Waals surface area contributed by atoms with Crippen LogP contribution in [0.3, 0.4) is 0 Å². The molecule has 1 aliphatic carbocycles. The lowest BCUT2D eigenvalue weighted by molar-refractivity contribution is 0.262. The molecule has 1 saturated carbocycles. The smallest absolute Gasteiger partial charge is 0.213 e. The fourth-order valence-electron chi connectivity index (χ4n) is 3.81. The van der Waals surface area contributed by atoms with Gasteiger partial charge in [0, 0.05) is 18.2 Å². The van der Waals surface area contributed by atoms with Gasteiger partial charge in [0.1, 0.15) is 0 Å². The second-order valence-electron chi connectivity index (χ2n) is 6.22. The van der Waals surface area contributed by atoms with Gasteiger partial charge in [-0.2, -0.15) is 0 Å². The lowest BCUT2D eigenvalue weighted by atomic mass is 9.79. The Morgan fingerprint density at radius 2 is 2.14 bits per heavy atom. The molecule has 2 N–H and O–H groups in total. The first kappa shape index (κ1) is 14.6. The van der Waals surface area contributed by atoms with Gasteiger partial charge in [0.25, 0.3) is 0 Å². The van der Waals surface area contributed by atoms with Crippen LogP contribution in [-0.2, 0) is 0 Å². The number of pyridine rings is 1. The maximum absolute atomic E-state index is 5.40. The van der Waals surface area contributed by atoms with Gasteiger partial charge in [-0.15, -0.1) is 0 Å². The zero-order valence-electron chi connectivity index (χ0n) is 13.0. The van der Waals surface area contributed by atoms with Crippen LogP contribution >= 0.6 is 0 Å². The van der Waals surface area contributed by atoms with E-state index in [1.807, 2.05) is 19.2 Å². The highest BCUT2D eigenvalue weighted by molar-refractivity contribution is 5.43. The molecule has 1 aromatic heterocycles. The lowest BCUT2D eigenvalue weighted by Gasteiger charge is -2.36. The number of nitrogens with zero attached hydrogens (tertiary/aromatic N) is 1. The summed E-state index contributed by atoms with van der Waals surface area (Å²) in [7, 11) is 0. The van der Waals surface area contributed by atoms with E-state index in [9.17, 15) is 0 Å². The van der Waals surface area contributed by atoms with Crippen LogP contribution in [0.1, 0.15) is 45.4 Å². The van der Waals surface area contributed by atoms with Gasteiger partial charge in [0.05, 0.1) is 18.5 Å². The molecule has 1 saturated heterocycles. The molecule has 0 bridgehead atoms. The van der Waals surface area contributed by atoms with Crippen molar-refractivity contribution in [1.29, 1.82) is 0 Å². The second-order valence-corrected chi connectivity index (χ2v) is 6.22. The first-order chi connectivity index (χ1) is 10.4. The van der Waals surface area contributed by atoms with Gasteiger partial charge in [0.2, 0.25) is 5.88 Å². The van der Waals surface area contributed by atoms with Gasteiger partial charge in [-0.05, 0) is 51.1 Å². The normalized spacial score (nSPS) is 29.3. The van der Waals surface area contributed by atoms with Crippen LogP contribution in [0.5, 0.6) is 5.88 Å². The lowest BCUT2D eigenvalue weighted by Crippen LogP contribution is -2.43. The van der Waals surface area contributed by atoms with Gasteiger partial charge in [-0.3, -0.25) is 0 Å². The van der Waals surface area contributed by atoms with Crippen LogP contribution in [0.4, 0.5) is 5.69 Å². The Kier molecular flexibility index (Phi) is 4.96. The number of ether oxygens (including phenoxy) is 1. The van der Waals surface area contributed by atoms with E-state index in [1.54, 1.807) is 0 Å². The molecular formula is C17H27N3O. The number of hydrogen-bond donors (Lipinski definition) is 2. The fraction of sp³-hybridized carbons (Fsp3) is 0.706. The molecule has 4 heteroatoms. The predicted octanol–water partition coefficient (Wildman–Crippen LogP) is 3.20. The Bertz CT molecular complexity index is 428. The van der Waals surface area contributed by atoms with Gasteiger partial charge in [-0.25, -0.2) is 4.98 Å². The third kappa shape index (κ3) is 3.67. The van der Waals surface area contributed by atoms with E-state index in [0.717, 1.165) is 11.6 Å². The SMILES string of the molecule is CCOc1ccc(NC2CCCCC2C2CCCN2)cn1. The summed E-state index contributed by atoms with van der Waals surface area (Å²) in [5, 5.41) is 7.41. The number of hydrogen-bond acceptors (Lipinski definition) is 4. The molecular weight excluding hydrogens is 262 g/mol. The highest BCUT2D eigenvalue weighted by Gasteiger charge is 2.33. The maximum Gasteiger partial charge on any atom is 0.213 e. The molecule has 0 radical (unpaired) electrons. The molecule has 21 heavy (non-hydrogen) atoms. The molecule has 0 aromatic carbocycles. The summed E-state index contributed by atoms with van der Waals surface area (Å²) in [6, 6.07) is 5.33. The van der Waals surface area contributed by atoms with Crippen molar-refractivity contribution in [3.05, 3.63) is 18.3 Å². The molecule has 3 atom stereocenters. The first-order valence-corrected chi connectivity index (χ1v) is 8.45. The summed E-state index contributed by atoms with van der Waals surface area (Å²) in [4.78, 5) is 4.36. The van der Waals surface area contributed by atoms with E-state index in [4.69, 9.17) is 4.74 Å². The zero-order valence-corrected chi connectivity index (χ0v) is 13.0. The third-order valence-corrected chi connectivity index (χ3v) is 4.82. The Morgan fingerprint density at radius 3 is 2.86 bits per heavy atom. The van der Waals surface area contributed by atoms with Crippen LogP contribution in [0, 0.1) is 5.92 Å². The van der Waals surface area contributed by atoms with Crippen molar-refractivity contribution in [3.8, 4) is 5.88 Å². The van der Waals surface area contributed by atoms with Crippen LogP contribution in [0.25, 0.3) is 0 Å². The summed E-state index contributed by atoms with van der Waals surface area (Å²) in [6.07, 6.45) is 9.91. The fourth-order valence-corrected chi connectivity index (χ4v) is 3.81. The number of nitrogens with one attached hydrogen (secondary N) is 2. The Morgan fingerprint density at radius 1 is 1.24 bits per heavy atom. The average molecular weight is 289 g/mol. The van der Waals surface area contributed by atoms with Crippen LogP contribution in [0.15, 0.2) is 18.3 Å². The number of aromatic nitrogens is 1. The molecule has 3 rings (SSSR count). The largest absolute Gasteiger partial charge is 0.478 e. The zero-order chi connectivity index (χ0) is 14.5. The molecule has 1 aromatic rings. The highest BCUT2D eigenvalue weighted by atomic mass is 16.5. The summed E-state index contributed by atoms with van der Waals surface area (Å²) in [5.74, 6) is 1.47. The van der Waals surface area contributed by atoms with Gasteiger partial charge in [0.15, 0.2) is 0 Å². The molecule has 1 aliphatic heterocycles. The molecule has 2 heterocycles. The first-order valence-electron chi connectivity index (χ1n) is 8.45. The van der Waals surface area contributed by atoms with Crippen molar-refractivity contribution < 1.29 is 4.74 Å². The van der Waals surface area contributed by atoms with E-state index < -0.39 is 0 Å². The Balaban J connectivity index is 1.63. The molecule has 116 valence electrons. The van der Waals surface area contributed by atoms with E-state index >= 15 is 0 Å². The molecule has 2 fully saturated rings. The maximum atomic E-state index is 5.40. The second kappa shape index (κ2) is 7.12. The van der Waals surface area contributed by atoms with Gasteiger partial charge >= 0.3 is 0 Å². The van der Waals surface area contributed by atoms with Crippen LogP contribution < -0.4 is 15.4 Å². The van der Waals surface area contributed by atoms with Crippen molar-refractivity contribution in [2.75, 3.05) is 18.5 Å². The predicted molar refractivity (Wildman–Crippen MR) is 85.8 cm³/mol. The molecule has 0 spiro atoms. The van der Waals surface area contributed by atoms with Crippen LogP contribution in [0.2, 0.25) is 0 Å². The summed E-state index contributed by atoms with van der Waals surface area (Å²) in [6.45, 7) is 3.84. The Hall–Kier alpha value is -1.29. The summed E-state index contributed by atoms with van der Waals surface area (Å²) >= 11 is 0. The van der Waals surface area contributed by atoms with Crippen molar-refractivity contribution in [3.63, 3.8) is 0 Å². The van der Waals surface area contributed by atoms with Crippen molar-refractivity contribution >= 4 is 5.69 Å². The average Bonchev–Trinajstić information content (AvgIpc) is 3.04. The molecule has 3 unspecified atom stereocenters. The molecule has 0 amide bonds. The highest BCUT2D eigenvalue weighted by Crippen LogP contribution is 2.32. The minimum Gasteiger partial charge on any atom is -0.478 e. The monoisotopic (exact) mass is 289 g/mol. The van der Waals surface area contributed by atoms with Crippen molar-refractivity contribution in [1.82, 2.24) is 10.3 Å². The third-order valence-electron chi connectivity index (χ3n) is 4.82. The summed E-state index contributed by atoms with van der Waals surface area (Å²) in [5.41, 5.74) is 1.12. The quantitative estimate of drug-likeness (QED) is 0.874.